The maximum atomic E-state index is 12.5. The average molecular weight is 303 g/mol. The summed E-state index contributed by atoms with van der Waals surface area (Å²) < 4.78 is 0. The number of piperidine rings is 1. The molecule has 0 unspecified atom stereocenters. The molecule has 3 saturated heterocycles. The van der Waals surface area contributed by atoms with Gasteiger partial charge in [-0.15, -0.1) is 0 Å². The Morgan fingerprint density at radius 1 is 1.05 bits per heavy atom. The highest BCUT2D eigenvalue weighted by atomic mass is 16.2. The minimum Gasteiger partial charge on any atom is -0.336 e. The molecule has 1 aliphatic carbocycles. The molecule has 0 spiro atoms. The summed E-state index contributed by atoms with van der Waals surface area (Å²) in [6, 6.07) is 2.38. The van der Waals surface area contributed by atoms with Crippen molar-refractivity contribution in [1.82, 2.24) is 14.7 Å². The summed E-state index contributed by atoms with van der Waals surface area (Å²) in [6.45, 7) is 4.01. The van der Waals surface area contributed by atoms with Crippen molar-refractivity contribution in [1.29, 1.82) is 0 Å². The molecule has 1 amide bonds. The Bertz CT molecular complexity index is 453. The lowest BCUT2D eigenvalue weighted by molar-refractivity contribution is -0.129. The number of nitrogens with zero attached hydrogens (tertiary/aromatic N) is 3. The quantitative estimate of drug-likeness (QED) is 0.779. The number of hydrogen-bond donors (Lipinski definition) is 0. The molecular formula is C18H29N3O. The summed E-state index contributed by atoms with van der Waals surface area (Å²) in [5.41, 5.74) is 1.07. The molecule has 122 valence electrons. The minimum absolute atomic E-state index is 0.320. The monoisotopic (exact) mass is 303 g/mol. The Kier molecular flexibility index (Phi) is 3.99. The van der Waals surface area contributed by atoms with Gasteiger partial charge >= 0.3 is 0 Å². The summed E-state index contributed by atoms with van der Waals surface area (Å²) in [5.74, 6) is 0.320. The molecule has 0 aromatic rings. The fourth-order valence-corrected chi connectivity index (χ4v) is 5.04. The molecule has 22 heavy (non-hydrogen) atoms. The van der Waals surface area contributed by atoms with E-state index in [1.165, 1.54) is 32.1 Å². The van der Waals surface area contributed by atoms with Crippen LogP contribution in [0.1, 0.15) is 44.9 Å². The summed E-state index contributed by atoms with van der Waals surface area (Å²) in [4.78, 5) is 19.9. The summed E-state index contributed by atoms with van der Waals surface area (Å²) in [7, 11) is 2.31. The van der Waals surface area contributed by atoms with Gasteiger partial charge < -0.3 is 9.80 Å². The molecule has 4 rings (SSSR count). The van der Waals surface area contributed by atoms with Crippen LogP contribution < -0.4 is 0 Å². The van der Waals surface area contributed by atoms with E-state index in [1.54, 1.807) is 0 Å². The molecule has 3 aliphatic heterocycles. The number of rotatable bonds is 2. The molecule has 0 radical (unpaired) electrons. The molecule has 2 atom stereocenters. The van der Waals surface area contributed by atoms with E-state index >= 15 is 0 Å². The Hall–Kier alpha value is -0.870. The number of allylic oxidation sites excluding steroid dienone is 1. The van der Waals surface area contributed by atoms with Crippen LogP contribution in [0, 0.1) is 0 Å². The highest BCUT2D eigenvalue weighted by Crippen LogP contribution is 2.36. The van der Waals surface area contributed by atoms with Crippen molar-refractivity contribution < 1.29 is 4.79 Å². The zero-order valence-electron chi connectivity index (χ0n) is 13.8. The molecular weight excluding hydrogens is 274 g/mol. The van der Waals surface area contributed by atoms with Gasteiger partial charge in [0.15, 0.2) is 0 Å². The van der Waals surface area contributed by atoms with Crippen LogP contribution in [0.25, 0.3) is 0 Å². The maximum Gasteiger partial charge on any atom is 0.249 e. The van der Waals surface area contributed by atoms with Crippen LogP contribution in [-0.4, -0.2) is 72.0 Å². The van der Waals surface area contributed by atoms with Gasteiger partial charge in [0.2, 0.25) is 5.91 Å². The zero-order valence-corrected chi connectivity index (χ0v) is 13.8. The topological polar surface area (TPSA) is 26.8 Å². The number of amides is 1. The van der Waals surface area contributed by atoms with Crippen LogP contribution in [0.15, 0.2) is 11.6 Å². The highest BCUT2D eigenvalue weighted by molar-refractivity contribution is 5.93. The highest BCUT2D eigenvalue weighted by Gasteiger charge is 2.41. The van der Waals surface area contributed by atoms with Crippen molar-refractivity contribution >= 4 is 5.91 Å². The van der Waals surface area contributed by atoms with Gasteiger partial charge in [-0.1, -0.05) is 6.08 Å². The lowest BCUT2D eigenvalue weighted by Crippen LogP contribution is -2.56. The van der Waals surface area contributed by atoms with Crippen LogP contribution in [0.4, 0.5) is 0 Å². The van der Waals surface area contributed by atoms with E-state index in [0.29, 0.717) is 5.91 Å². The smallest absolute Gasteiger partial charge is 0.249 e. The molecule has 4 nitrogen and oxygen atoms in total. The minimum atomic E-state index is 0.320. The van der Waals surface area contributed by atoms with Crippen LogP contribution in [-0.2, 0) is 4.79 Å². The largest absolute Gasteiger partial charge is 0.336 e. The molecule has 3 fully saturated rings. The van der Waals surface area contributed by atoms with Crippen LogP contribution in [0.3, 0.4) is 0 Å². The predicted octanol–water partition coefficient (Wildman–Crippen LogP) is 1.87. The molecule has 2 bridgehead atoms. The summed E-state index contributed by atoms with van der Waals surface area (Å²) >= 11 is 0. The van der Waals surface area contributed by atoms with E-state index in [-0.39, 0.29) is 0 Å². The van der Waals surface area contributed by atoms with Crippen LogP contribution >= 0.6 is 0 Å². The van der Waals surface area contributed by atoms with Gasteiger partial charge in [-0.05, 0) is 52.0 Å². The van der Waals surface area contributed by atoms with Gasteiger partial charge in [-0.25, -0.2) is 0 Å². The van der Waals surface area contributed by atoms with E-state index in [2.05, 4.69) is 27.8 Å². The number of hydrogen-bond acceptors (Lipinski definition) is 3. The first kappa shape index (κ1) is 14.7. The molecule has 0 N–H and O–H groups in total. The van der Waals surface area contributed by atoms with Crippen LogP contribution in [0.5, 0.6) is 0 Å². The Morgan fingerprint density at radius 3 is 2.32 bits per heavy atom. The normalized spacial score (nSPS) is 36.7. The number of piperazine rings is 1. The second-order valence-electron chi connectivity index (χ2n) is 7.63. The van der Waals surface area contributed by atoms with Crippen LogP contribution in [0.2, 0.25) is 0 Å². The lowest BCUT2D eigenvalue weighted by atomic mass is 9.96. The second-order valence-corrected chi connectivity index (χ2v) is 7.63. The number of carbonyl (C=O) groups excluding carboxylic acids is 1. The van der Waals surface area contributed by atoms with Gasteiger partial charge in [0.05, 0.1) is 0 Å². The standard InChI is InChI=1S/C18H29N3O/c1-19-15-6-7-16(19)13-17(12-15)20-8-10-21(11-9-20)18(22)14-4-2-3-5-14/h4,15-17H,2-3,5-13H2,1H3/t15-,16-/m0/s1. The SMILES string of the molecule is CN1[C@H]2CC[C@H]1CC(N1CCN(C(=O)C3=CCCC3)CC1)C2. The number of carbonyl (C=O) groups is 1. The fourth-order valence-electron chi connectivity index (χ4n) is 5.04. The molecule has 4 aliphatic rings. The van der Waals surface area contributed by atoms with Crippen molar-refractivity contribution in [2.24, 2.45) is 0 Å². The number of fused-ring (bicyclic) bond motifs is 2. The molecule has 0 aromatic carbocycles. The maximum absolute atomic E-state index is 12.5. The van der Waals surface area contributed by atoms with Crippen molar-refractivity contribution in [2.75, 3.05) is 33.2 Å². The van der Waals surface area contributed by atoms with Gasteiger partial charge in [0.1, 0.15) is 0 Å². The van der Waals surface area contributed by atoms with Gasteiger partial charge in [0.25, 0.3) is 0 Å². The summed E-state index contributed by atoms with van der Waals surface area (Å²) in [5, 5.41) is 0. The van der Waals surface area contributed by atoms with Gasteiger partial charge in [-0.3, -0.25) is 9.69 Å². The first-order valence-electron chi connectivity index (χ1n) is 9.16. The lowest BCUT2D eigenvalue weighted by Gasteiger charge is -2.45. The zero-order chi connectivity index (χ0) is 15.1. The van der Waals surface area contributed by atoms with E-state index in [0.717, 1.165) is 62.7 Å². The molecule has 0 saturated carbocycles. The van der Waals surface area contributed by atoms with Crippen molar-refractivity contribution in [2.45, 2.75) is 63.1 Å². The average Bonchev–Trinajstić information content (AvgIpc) is 3.13. The summed E-state index contributed by atoms with van der Waals surface area (Å²) in [6.07, 6.45) is 10.9. The van der Waals surface area contributed by atoms with E-state index in [1.807, 2.05) is 0 Å². The second kappa shape index (κ2) is 5.97. The third-order valence-corrected chi connectivity index (χ3v) is 6.51. The van der Waals surface area contributed by atoms with Crippen molar-refractivity contribution in [3.05, 3.63) is 11.6 Å². The van der Waals surface area contributed by atoms with E-state index < -0.39 is 0 Å². The van der Waals surface area contributed by atoms with Gasteiger partial charge in [-0.2, -0.15) is 0 Å². The van der Waals surface area contributed by atoms with Crippen molar-refractivity contribution in [3.63, 3.8) is 0 Å². The first-order valence-corrected chi connectivity index (χ1v) is 9.16. The van der Waals surface area contributed by atoms with Crippen molar-refractivity contribution in [3.8, 4) is 0 Å². The third kappa shape index (κ3) is 2.61. The van der Waals surface area contributed by atoms with E-state index in [9.17, 15) is 4.79 Å². The molecule has 4 heteroatoms. The molecule has 3 heterocycles. The third-order valence-electron chi connectivity index (χ3n) is 6.51. The fraction of sp³-hybridized carbons (Fsp3) is 0.833. The van der Waals surface area contributed by atoms with E-state index in [4.69, 9.17) is 0 Å². The predicted molar refractivity (Wildman–Crippen MR) is 87.7 cm³/mol. The van der Waals surface area contributed by atoms with Gasteiger partial charge in [0, 0.05) is 49.9 Å². The Balaban J connectivity index is 1.32. The molecule has 0 aromatic heterocycles. The first-order chi connectivity index (χ1) is 10.7. The Labute approximate surface area is 134 Å². The Morgan fingerprint density at radius 2 is 1.73 bits per heavy atom.